The van der Waals surface area contributed by atoms with Crippen LogP contribution >= 0.6 is 0 Å². The Balaban J connectivity index is 1.81. The largest absolute Gasteiger partial charge is 0.497 e. The zero-order chi connectivity index (χ0) is 10.3. The lowest BCUT2D eigenvalue weighted by atomic mass is 9.64. The van der Waals surface area contributed by atoms with Crippen LogP contribution in [0.25, 0.3) is 0 Å². The molecule has 0 amide bonds. The van der Waals surface area contributed by atoms with Gasteiger partial charge in [-0.15, -0.1) is 0 Å². The summed E-state index contributed by atoms with van der Waals surface area (Å²) in [6, 6.07) is 8.55. The Morgan fingerprint density at radius 3 is 3.07 bits per heavy atom. The zero-order valence-electron chi connectivity index (χ0n) is 9.07. The highest BCUT2D eigenvalue weighted by molar-refractivity contribution is 5.33. The van der Waals surface area contributed by atoms with Gasteiger partial charge in [-0.3, -0.25) is 0 Å². The summed E-state index contributed by atoms with van der Waals surface area (Å²) >= 11 is 0. The molecule has 80 valence electrons. The maximum Gasteiger partial charge on any atom is 0.119 e. The van der Waals surface area contributed by atoms with Crippen molar-refractivity contribution in [3.63, 3.8) is 0 Å². The van der Waals surface area contributed by atoms with Crippen LogP contribution in [-0.4, -0.2) is 20.2 Å². The lowest BCUT2D eigenvalue weighted by Gasteiger charge is -2.40. The fraction of sp³-hybridized carbons (Fsp3) is 0.538. The van der Waals surface area contributed by atoms with Crippen LogP contribution in [0.5, 0.6) is 5.75 Å². The summed E-state index contributed by atoms with van der Waals surface area (Å²) < 4.78 is 5.27. The van der Waals surface area contributed by atoms with Crippen LogP contribution in [-0.2, 0) is 0 Å². The molecule has 0 radical (unpaired) electrons. The highest BCUT2D eigenvalue weighted by Gasteiger charge is 2.44. The van der Waals surface area contributed by atoms with E-state index in [-0.39, 0.29) is 0 Å². The van der Waals surface area contributed by atoms with E-state index in [1.165, 1.54) is 25.1 Å². The minimum Gasteiger partial charge on any atom is -0.497 e. The molecule has 3 rings (SSSR count). The van der Waals surface area contributed by atoms with Crippen LogP contribution in [0.3, 0.4) is 0 Å². The van der Waals surface area contributed by atoms with Crippen molar-refractivity contribution >= 4 is 0 Å². The SMILES string of the molecule is COc1cccc([C@@H]2C[C@H]3CNC[C@H]32)c1. The van der Waals surface area contributed by atoms with Crippen LogP contribution in [0.15, 0.2) is 24.3 Å². The highest BCUT2D eigenvalue weighted by atomic mass is 16.5. The summed E-state index contributed by atoms with van der Waals surface area (Å²) in [7, 11) is 1.74. The third-order valence-corrected chi connectivity index (χ3v) is 3.99. The summed E-state index contributed by atoms with van der Waals surface area (Å²) in [6.07, 6.45) is 1.35. The third kappa shape index (κ3) is 1.44. The lowest BCUT2D eigenvalue weighted by molar-refractivity contribution is 0.190. The molecule has 0 unspecified atom stereocenters. The molecule has 2 heteroatoms. The topological polar surface area (TPSA) is 21.3 Å². The van der Waals surface area contributed by atoms with Crippen LogP contribution in [0.1, 0.15) is 17.9 Å². The van der Waals surface area contributed by atoms with Gasteiger partial charge >= 0.3 is 0 Å². The first-order valence-corrected chi connectivity index (χ1v) is 5.73. The Kier molecular flexibility index (Phi) is 2.17. The number of hydrogen-bond donors (Lipinski definition) is 1. The zero-order valence-corrected chi connectivity index (χ0v) is 9.07. The van der Waals surface area contributed by atoms with E-state index in [4.69, 9.17) is 4.74 Å². The Hall–Kier alpha value is -1.02. The molecule has 1 aliphatic heterocycles. The number of rotatable bonds is 2. The van der Waals surface area contributed by atoms with Crippen LogP contribution < -0.4 is 10.1 Å². The van der Waals surface area contributed by atoms with Crippen molar-refractivity contribution in [1.82, 2.24) is 5.32 Å². The molecule has 1 aromatic carbocycles. The summed E-state index contributed by atoms with van der Waals surface area (Å²) in [5.74, 6) is 3.56. The van der Waals surface area contributed by atoms with Crippen molar-refractivity contribution in [3.05, 3.63) is 29.8 Å². The maximum atomic E-state index is 5.27. The standard InChI is InChI=1S/C13H17NO/c1-15-11-4-2-3-9(5-11)12-6-10-7-14-8-13(10)12/h2-5,10,12-14H,6-8H2,1H3/t10-,12-,13+/m0/s1. The van der Waals surface area contributed by atoms with Crippen molar-refractivity contribution in [3.8, 4) is 5.75 Å². The number of fused-ring (bicyclic) bond motifs is 1. The van der Waals surface area contributed by atoms with E-state index in [9.17, 15) is 0 Å². The number of hydrogen-bond acceptors (Lipinski definition) is 2. The summed E-state index contributed by atoms with van der Waals surface area (Å²) in [4.78, 5) is 0. The fourth-order valence-electron chi connectivity index (χ4n) is 3.04. The normalized spacial score (nSPS) is 33.3. The highest BCUT2D eigenvalue weighted by Crippen LogP contribution is 2.49. The van der Waals surface area contributed by atoms with Gasteiger partial charge in [0, 0.05) is 0 Å². The van der Waals surface area contributed by atoms with Gasteiger partial charge in [-0.1, -0.05) is 12.1 Å². The molecule has 2 nitrogen and oxygen atoms in total. The maximum absolute atomic E-state index is 5.27. The van der Waals surface area contributed by atoms with E-state index in [0.717, 1.165) is 23.5 Å². The average Bonchev–Trinajstić information content (AvgIpc) is 2.61. The number of nitrogens with one attached hydrogen (secondary N) is 1. The Morgan fingerprint density at radius 1 is 1.33 bits per heavy atom. The quantitative estimate of drug-likeness (QED) is 0.794. The molecular weight excluding hydrogens is 186 g/mol. The minimum absolute atomic E-state index is 0.764. The monoisotopic (exact) mass is 203 g/mol. The molecule has 2 aliphatic rings. The summed E-state index contributed by atoms with van der Waals surface area (Å²) in [5.41, 5.74) is 1.46. The molecule has 0 aromatic heterocycles. The van der Waals surface area contributed by atoms with Crippen LogP contribution in [0, 0.1) is 11.8 Å². The van der Waals surface area contributed by atoms with Crippen molar-refractivity contribution in [2.75, 3.05) is 20.2 Å². The first-order valence-electron chi connectivity index (χ1n) is 5.73. The van der Waals surface area contributed by atoms with Crippen LogP contribution in [0.2, 0.25) is 0 Å². The van der Waals surface area contributed by atoms with E-state index < -0.39 is 0 Å². The van der Waals surface area contributed by atoms with Gasteiger partial charge in [0.15, 0.2) is 0 Å². The molecule has 0 spiro atoms. The smallest absolute Gasteiger partial charge is 0.119 e. The van der Waals surface area contributed by atoms with Crippen LogP contribution in [0.4, 0.5) is 0 Å². The van der Waals surface area contributed by atoms with Crippen molar-refractivity contribution in [1.29, 1.82) is 0 Å². The Bertz CT molecular complexity index is 363. The molecule has 1 saturated carbocycles. The summed E-state index contributed by atoms with van der Waals surface area (Å²) in [5, 5.41) is 3.48. The molecule has 2 fully saturated rings. The molecule has 1 aliphatic carbocycles. The third-order valence-electron chi connectivity index (χ3n) is 3.99. The molecule has 3 atom stereocenters. The summed E-state index contributed by atoms with van der Waals surface area (Å²) in [6.45, 7) is 2.43. The van der Waals surface area contributed by atoms with Crippen molar-refractivity contribution < 1.29 is 4.74 Å². The average molecular weight is 203 g/mol. The van der Waals surface area contributed by atoms with E-state index in [2.05, 4.69) is 23.5 Å². The molecule has 1 N–H and O–H groups in total. The van der Waals surface area contributed by atoms with Gasteiger partial charge in [-0.2, -0.15) is 0 Å². The van der Waals surface area contributed by atoms with Gasteiger partial charge in [0.05, 0.1) is 7.11 Å². The van der Waals surface area contributed by atoms with Crippen molar-refractivity contribution in [2.45, 2.75) is 12.3 Å². The molecule has 1 aromatic rings. The van der Waals surface area contributed by atoms with E-state index >= 15 is 0 Å². The molecule has 1 heterocycles. The number of benzene rings is 1. The molecular formula is C13H17NO. The second kappa shape index (κ2) is 3.53. The Labute approximate surface area is 90.6 Å². The van der Waals surface area contributed by atoms with E-state index in [1.807, 2.05) is 6.07 Å². The number of methoxy groups -OCH3 is 1. The molecule has 15 heavy (non-hydrogen) atoms. The van der Waals surface area contributed by atoms with Gasteiger partial charge in [0.2, 0.25) is 0 Å². The van der Waals surface area contributed by atoms with Crippen molar-refractivity contribution in [2.24, 2.45) is 11.8 Å². The molecule has 0 bridgehead atoms. The second-order valence-corrected chi connectivity index (χ2v) is 4.70. The lowest BCUT2D eigenvalue weighted by Crippen LogP contribution is -2.33. The van der Waals surface area contributed by atoms with Gasteiger partial charge < -0.3 is 10.1 Å². The first kappa shape index (κ1) is 9.22. The van der Waals surface area contributed by atoms with Gasteiger partial charge in [0.25, 0.3) is 0 Å². The predicted octanol–water partition coefficient (Wildman–Crippen LogP) is 2.02. The Morgan fingerprint density at radius 2 is 2.27 bits per heavy atom. The number of ether oxygens (including phenoxy) is 1. The fourth-order valence-corrected chi connectivity index (χ4v) is 3.04. The van der Waals surface area contributed by atoms with E-state index in [1.54, 1.807) is 7.11 Å². The molecule has 1 saturated heterocycles. The first-order chi connectivity index (χ1) is 7.38. The van der Waals surface area contributed by atoms with Gasteiger partial charge in [-0.05, 0) is 55.0 Å². The second-order valence-electron chi connectivity index (χ2n) is 4.70. The van der Waals surface area contributed by atoms with Gasteiger partial charge in [0.1, 0.15) is 5.75 Å². The predicted molar refractivity (Wildman–Crippen MR) is 60.2 cm³/mol. The van der Waals surface area contributed by atoms with Gasteiger partial charge in [-0.25, -0.2) is 0 Å². The minimum atomic E-state index is 0.764. The van der Waals surface area contributed by atoms with E-state index in [0.29, 0.717) is 0 Å².